The average Bonchev–Trinajstić information content (AvgIpc) is 2.73. The Morgan fingerprint density at radius 2 is 2.18 bits per heavy atom. The van der Waals surface area contributed by atoms with Gasteiger partial charge in [0.15, 0.2) is 0 Å². The van der Waals surface area contributed by atoms with Gasteiger partial charge < -0.3 is 5.32 Å². The van der Waals surface area contributed by atoms with Crippen LogP contribution in [0.3, 0.4) is 0 Å². The minimum atomic E-state index is 0.674. The molecule has 0 saturated heterocycles. The van der Waals surface area contributed by atoms with Gasteiger partial charge in [0, 0.05) is 11.4 Å². The molecule has 1 heterocycles. The predicted octanol–water partition coefficient (Wildman–Crippen LogP) is 4.19. The molecule has 1 N–H and O–H groups in total. The van der Waals surface area contributed by atoms with E-state index in [2.05, 4.69) is 11.4 Å². The third-order valence-corrected chi connectivity index (χ3v) is 3.61. The molecule has 2 nitrogen and oxygen atoms in total. The van der Waals surface area contributed by atoms with Crippen LogP contribution in [0.4, 0.5) is 5.69 Å². The third kappa shape index (κ3) is 3.00. The summed E-state index contributed by atoms with van der Waals surface area (Å²) in [5, 5.41) is 12.3. The fourth-order valence-electron chi connectivity index (χ4n) is 1.53. The van der Waals surface area contributed by atoms with Crippen molar-refractivity contribution in [2.24, 2.45) is 0 Å². The Morgan fingerprint density at radius 1 is 1.35 bits per heavy atom. The molecule has 1 aromatic heterocycles. The lowest BCUT2D eigenvalue weighted by Crippen LogP contribution is -1.99. The number of anilines is 1. The Hall–Kier alpha value is -1.50. The van der Waals surface area contributed by atoms with E-state index in [1.807, 2.05) is 37.3 Å². The Morgan fingerprint density at radius 3 is 2.82 bits per heavy atom. The van der Waals surface area contributed by atoms with Crippen LogP contribution >= 0.6 is 22.9 Å². The molecule has 2 aromatic rings. The smallest absolute Gasteiger partial charge is 0.101 e. The monoisotopic (exact) mass is 262 g/mol. The number of thiophene rings is 1. The standard InChI is InChI=1S/C13H11ClN2S/c1-9-2-4-12(10(6-9)7-15)16-8-11-3-5-13(14)17-11/h2-6,16H,8H2,1H3. The largest absolute Gasteiger partial charge is 0.379 e. The molecule has 0 saturated carbocycles. The Labute approximate surface area is 109 Å². The number of aryl methyl sites for hydroxylation is 1. The highest BCUT2D eigenvalue weighted by Crippen LogP contribution is 2.23. The van der Waals surface area contributed by atoms with Crippen molar-refractivity contribution < 1.29 is 0 Å². The van der Waals surface area contributed by atoms with E-state index in [0.29, 0.717) is 12.1 Å². The summed E-state index contributed by atoms with van der Waals surface area (Å²) >= 11 is 7.40. The molecule has 0 atom stereocenters. The highest BCUT2D eigenvalue weighted by molar-refractivity contribution is 7.16. The van der Waals surface area contributed by atoms with E-state index >= 15 is 0 Å². The maximum Gasteiger partial charge on any atom is 0.101 e. The highest BCUT2D eigenvalue weighted by atomic mass is 35.5. The molecule has 1 aromatic carbocycles. The summed E-state index contributed by atoms with van der Waals surface area (Å²) in [7, 11) is 0. The van der Waals surface area contributed by atoms with Gasteiger partial charge >= 0.3 is 0 Å². The number of benzene rings is 1. The van der Waals surface area contributed by atoms with Crippen LogP contribution in [-0.4, -0.2) is 0 Å². The van der Waals surface area contributed by atoms with Gasteiger partial charge in [-0.1, -0.05) is 17.7 Å². The molecule has 0 fully saturated rings. The van der Waals surface area contributed by atoms with Crippen LogP contribution in [0.1, 0.15) is 16.0 Å². The number of nitriles is 1. The summed E-state index contributed by atoms with van der Waals surface area (Å²) in [6.07, 6.45) is 0. The average molecular weight is 263 g/mol. The number of halogens is 1. The first-order valence-electron chi connectivity index (χ1n) is 5.18. The molecule has 0 spiro atoms. The topological polar surface area (TPSA) is 35.8 Å². The molecule has 0 bridgehead atoms. The van der Waals surface area contributed by atoms with Gasteiger partial charge in [-0.05, 0) is 36.8 Å². The first kappa shape index (κ1) is 12.0. The van der Waals surface area contributed by atoms with E-state index in [0.717, 1.165) is 20.5 Å². The van der Waals surface area contributed by atoms with Crippen molar-refractivity contribution in [1.29, 1.82) is 5.26 Å². The van der Waals surface area contributed by atoms with Crippen molar-refractivity contribution in [3.8, 4) is 6.07 Å². The number of hydrogen-bond donors (Lipinski definition) is 1. The lowest BCUT2D eigenvalue weighted by atomic mass is 10.1. The van der Waals surface area contributed by atoms with Crippen LogP contribution in [0.5, 0.6) is 0 Å². The Bertz CT molecular complexity index is 569. The van der Waals surface area contributed by atoms with Crippen LogP contribution in [0.25, 0.3) is 0 Å². The van der Waals surface area contributed by atoms with E-state index in [4.69, 9.17) is 16.9 Å². The van der Waals surface area contributed by atoms with Gasteiger partial charge in [-0.2, -0.15) is 5.26 Å². The first-order chi connectivity index (χ1) is 8.19. The second kappa shape index (κ2) is 5.22. The Kier molecular flexibility index (Phi) is 3.68. The third-order valence-electron chi connectivity index (χ3n) is 2.38. The molecule has 2 rings (SSSR count). The van der Waals surface area contributed by atoms with E-state index in [1.165, 1.54) is 0 Å². The summed E-state index contributed by atoms with van der Waals surface area (Å²) < 4.78 is 0.784. The summed E-state index contributed by atoms with van der Waals surface area (Å²) in [5.74, 6) is 0. The van der Waals surface area contributed by atoms with Gasteiger partial charge in [-0.3, -0.25) is 0 Å². The summed E-state index contributed by atoms with van der Waals surface area (Å²) in [6.45, 7) is 2.67. The van der Waals surface area contributed by atoms with Gasteiger partial charge in [-0.25, -0.2) is 0 Å². The van der Waals surface area contributed by atoms with Crippen LogP contribution in [-0.2, 0) is 6.54 Å². The minimum absolute atomic E-state index is 0.674. The zero-order chi connectivity index (χ0) is 12.3. The highest BCUT2D eigenvalue weighted by Gasteiger charge is 2.03. The number of nitrogens with one attached hydrogen (secondary N) is 1. The number of hydrogen-bond acceptors (Lipinski definition) is 3. The first-order valence-corrected chi connectivity index (χ1v) is 6.37. The molecule has 0 aliphatic heterocycles. The van der Waals surface area contributed by atoms with Crippen LogP contribution < -0.4 is 5.32 Å². The molecule has 0 amide bonds. The van der Waals surface area contributed by atoms with Gasteiger partial charge in [-0.15, -0.1) is 11.3 Å². The van der Waals surface area contributed by atoms with Crippen LogP contribution in [0.2, 0.25) is 4.34 Å². The van der Waals surface area contributed by atoms with Crippen LogP contribution in [0, 0.1) is 18.3 Å². The fourth-order valence-corrected chi connectivity index (χ4v) is 2.56. The maximum atomic E-state index is 9.04. The van der Waals surface area contributed by atoms with Crippen molar-refractivity contribution in [2.45, 2.75) is 13.5 Å². The number of rotatable bonds is 3. The molecule has 0 radical (unpaired) electrons. The summed E-state index contributed by atoms with van der Waals surface area (Å²) in [5.41, 5.74) is 2.63. The van der Waals surface area contributed by atoms with Gasteiger partial charge in [0.05, 0.1) is 15.6 Å². The van der Waals surface area contributed by atoms with Crippen LogP contribution in [0.15, 0.2) is 30.3 Å². The lowest BCUT2D eigenvalue weighted by Gasteiger charge is -2.07. The van der Waals surface area contributed by atoms with Crippen molar-refractivity contribution in [1.82, 2.24) is 0 Å². The fraction of sp³-hybridized carbons (Fsp3) is 0.154. The summed E-state index contributed by atoms with van der Waals surface area (Å²) in [6, 6.07) is 11.9. The SMILES string of the molecule is Cc1ccc(NCc2ccc(Cl)s2)c(C#N)c1. The summed E-state index contributed by atoms with van der Waals surface area (Å²) in [4.78, 5) is 1.15. The minimum Gasteiger partial charge on any atom is -0.379 e. The zero-order valence-electron chi connectivity index (χ0n) is 9.33. The maximum absolute atomic E-state index is 9.04. The molecule has 0 aliphatic rings. The van der Waals surface area contributed by atoms with E-state index in [-0.39, 0.29) is 0 Å². The van der Waals surface area contributed by atoms with Gasteiger partial charge in [0.2, 0.25) is 0 Å². The number of nitrogens with zero attached hydrogens (tertiary/aromatic N) is 1. The molecular weight excluding hydrogens is 252 g/mol. The molecular formula is C13H11ClN2S. The van der Waals surface area contributed by atoms with Gasteiger partial charge in [0.1, 0.15) is 6.07 Å². The molecule has 0 unspecified atom stereocenters. The van der Waals surface area contributed by atoms with Crippen molar-refractivity contribution in [2.75, 3.05) is 5.32 Å². The van der Waals surface area contributed by atoms with E-state index < -0.39 is 0 Å². The Balaban J connectivity index is 2.12. The van der Waals surface area contributed by atoms with Gasteiger partial charge in [0.25, 0.3) is 0 Å². The zero-order valence-corrected chi connectivity index (χ0v) is 10.9. The normalized spacial score (nSPS) is 9.94. The quantitative estimate of drug-likeness (QED) is 0.900. The van der Waals surface area contributed by atoms with Crippen molar-refractivity contribution in [3.05, 3.63) is 50.7 Å². The predicted molar refractivity (Wildman–Crippen MR) is 72.5 cm³/mol. The second-order valence-corrected chi connectivity index (χ2v) is 5.52. The molecule has 86 valence electrons. The van der Waals surface area contributed by atoms with E-state index in [9.17, 15) is 0 Å². The lowest BCUT2D eigenvalue weighted by molar-refractivity contribution is 1.18. The molecule has 0 aliphatic carbocycles. The van der Waals surface area contributed by atoms with Crippen molar-refractivity contribution >= 4 is 28.6 Å². The van der Waals surface area contributed by atoms with E-state index in [1.54, 1.807) is 11.3 Å². The molecule has 4 heteroatoms. The van der Waals surface area contributed by atoms with Crippen molar-refractivity contribution in [3.63, 3.8) is 0 Å². The molecule has 17 heavy (non-hydrogen) atoms. The second-order valence-electron chi connectivity index (χ2n) is 3.72.